The maximum absolute atomic E-state index is 12.4. The Kier molecular flexibility index (Phi) is 2.81. The molecule has 1 rings (SSSR count). The van der Waals surface area contributed by atoms with Gasteiger partial charge in [-0.25, -0.2) is 4.39 Å². The van der Waals surface area contributed by atoms with Crippen LogP contribution in [0.15, 0.2) is 24.3 Å². The van der Waals surface area contributed by atoms with Crippen LogP contribution in [0.3, 0.4) is 0 Å². The summed E-state index contributed by atoms with van der Waals surface area (Å²) in [5, 5.41) is 0. The van der Waals surface area contributed by atoms with Crippen LogP contribution in [0.2, 0.25) is 0 Å². The van der Waals surface area contributed by atoms with Crippen LogP contribution in [0.1, 0.15) is 10.4 Å². The summed E-state index contributed by atoms with van der Waals surface area (Å²) >= 11 is 3.08. The van der Waals surface area contributed by atoms with Crippen molar-refractivity contribution in [3.63, 3.8) is 0 Å². The van der Waals surface area contributed by atoms with Crippen LogP contribution < -0.4 is 5.73 Å². The minimum absolute atomic E-state index is 0.331. The molecule has 0 saturated heterocycles. The van der Waals surface area contributed by atoms with E-state index in [1.807, 2.05) is 0 Å². The molecule has 0 aromatic heterocycles. The van der Waals surface area contributed by atoms with Gasteiger partial charge >= 0.3 is 0 Å². The summed E-state index contributed by atoms with van der Waals surface area (Å²) in [5.74, 6) is -0.815. The van der Waals surface area contributed by atoms with Gasteiger partial charge in [0.1, 0.15) is 10.6 Å². The van der Waals surface area contributed by atoms with E-state index in [0.29, 0.717) is 5.56 Å². The maximum Gasteiger partial charge on any atom is 0.235 e. The Hall–Kier alpha value is -0.900. The van der Waals surface area contributed by atoms with Gasteiger partial charge in [0.25, 0.3) is 0 Å². The Morgan fingerprint density at radius 1 is 1.42 bits per heavy atom. The maximum atomic E-state index is 12.4. The fourth-order valence-corrected chi connectivity index (χ4v) is 1.10. The molecular formula is C8H7BrFNO. The van der Waals surface area contributed by atoms with E-state index in [1.165, 1.54) is 24.3 Å². The van der Waals surface area contributed by atoms with Gasteiger partial charge in [0.15, 0.2) is 0 Å². The van der Waals surface area contributed by atoms with Crippen LogP contribution in [0, 0.1) is 5.82 Å². The highest BCUT2D eigenvalue weighted by atomic mass is 79.9. The normalized spacial score (nSPS) is 12.5. The van der Waals surface area contributed by atoms with Gasteiger partial charge in [0.2, 0.25) is 5.91 Å². The van der Waals surface area contributed by atoms with E-state index in [0.717, 1.165) is 0 Å². The van der Waals surface area contributed by atoms with Crippen molar-refractivity contribution in [3.05, 3.63) is 35.6 Å². The SMILES string of the molecule is NC(=O)[C@H](Br)c1ccc(F)cc1. The van der Waals surface area contributed by atoms with Crippen molar-refractivity contribution in [1.82, 2.24) is 0 Å². The first-order chi connectivity index (χ1) is 5.61. The minimum atomic E-state index is -0.543. The molecule has 0 aliphatic carbocycles. The molecule has 1 aromatic carbocycles. The molecule has 0 radical (unpaired) electrons. The number of rotatable bonds is 2. The van der Waals surface area contributed by atoms with Gasteiger partial charge in [0.05, 0.1) is 0 Å². The van der Waals surface area contributed by atoms with E-state index in [2.05, 4.69) is 15.9 Å². The molecule has 0 spiro atoms. The van der Waals surface area contributed by atoms with E-state index < -0.39 is 10.7 Å². The molecule has 0 bridgehead atoms. The van der Waals surface area contributed by atoms with Crippen LogP contribution >= 0.6 is 15.9 Å². The highest BCUT2D eigenvalue weighted by Crippen LogP contribution is 2.21. The van der Waals surface area contributed by atoms with E-state index in [-0.39, 0.29) is 5.82 Å². The highest BCUT2D eigenvalue weighted by molar-refractivity contribution is 9.09. The Bertz CT molecular complexity index is 286. The van der Waals surface area contributed by atoms with Crippen LogP contribution in [0.5, 0.6) is 0 Å². The molecule has 2 N–H and O–H groups in total. The standard InChI is InChI=1S/C8H7BrFNO/c9-7(8(11)12)5-1-3-6(10)4-2-5/h1-4,7H,(H2,11,12)/t7-/m1/s1. The number of benzene rings is 1. The Morgan fingerprint density at radius 2 is 1.92 bits per heavy atom. The number of hydrogen-bond donors (Lipinski definition) is 1. The summed E-state index contributed by atoms with van der Waals surface area (Å²) in [7, 11) is 0. The first kappa shape index (κ1) is 9.19. The molecule has 0 heterocycles. The van der Waals surface area contributed by atoms with Gasteiger partial charge in [-0.3, -0.25) is 4.79 Å². The number of carbonyl (C=O) groups excluding carboxylic acids is 1. The summed E-state index contributed by atoms with van der Waals surface area (Å²) in [6.07, 6.45) is 0. The summed E-state index contributed by atoms with van der Waals surface area (Å²) in [4.78, 5) is 10.1. The summed E-state index contributed by atoms with van der Waals surface area (Å²) < 4.78 is 12.4. The fourth-order valence-electron chi connectivity index (χ4n) is 0.796. The average molecular weight is 232 g/mol. The minimum Gasteiger partial charge on any atom is -0.368 e. The molecule has 0 unspecified atom stereocenters. The summed E-state index contributed by atoms with van der Waals surface area (Å²) in [6.45, 7) is 0. The third-order valence-electron chi connectivity index (χ3n) is 1.41. The third kappa shape index (κ3) is 2.04. The number of primary amides is 1. The number of amides is 1. The second-order valence-corrected chi connectivity index (χ2v) is 3.23. The smallest absolute Gasteiger partial charge is 0.235 e. The molecule has 0 aliphatic heterocycles. The quantitative estimate of drug-likeness (QED) is 0.775. The molecule has 12 heavy (non-hydrogen) atoms. The van der Waals surface area contributed by atoms with Gasteiger partial charge in [-0.15, -0.1) is 0 Å². The molecule has 0 saturated carbocycles. The van der Waals surface area contributed by atoms with Crippen molar-refractivity contribution in [3.8, 4) is 0 Å². The van der Waals surface area contributed by atoms with Crippen molar-refractivity contribution >= 4 is 21.8 Å². The number of alkyl halides is 1. The molecule has 4 heteroatoms. The van der Waals surface area contributed by atoms with E-state index in [1.54, 1.807) is 0 Å². The lowest BCUT2D eigenvalue weighted by Crippen LogP contribution is -2.16. The molecule has 0 aliphatic rings. The van der Waals surface area contributed by atoms with Crippen molar-refractivity contribution in [1.29, 1.82) is 0 Å². The number of carbonyl (C=O) groups is 1. The van der Waals surface area contributed by atoms with Gasteiger partial charge in [-0.1, -0.05) is 28.1 Å². The number of halogens is 2. The molecule has 2 nitrogen and oxygen atoms in total. The fraction of sp³-hybridized carbons (Fsp3) is 0.125. The molecule has 1 amide bonds. The molecule has 0 fully saturated rings. The van der Waals surface area contributed by atoms with Crippen molar-refractivity contribution < 1.29 is 9.18 Å². The second kappa shape index (κ2) is 3.67. The molecule has 1 atom stereocenters. The van der Waals surface area contributed by atoms with Gasteiger partial charge in [-0.05, 0) is 17.7 Å². The van der Waals surface area contributed by atoms with Gasteiger partial charge in [-0.2, -0.15) is 0 Å². The molecule has 64 valence electrons. The Balaban J connectivity index is 2.89. The largest absolute Gasteiger partial charge is 0.368 e. The van der Waals surface area contributed by atoms with Gasteiger partial charge < -0.3 is 5.73 Å². The molecular weight excluding hydrogens is 225 g/mol. The lowest BCUT2D eigenvalue weighted by Gasteiger charge is -2.04. The molecule has 1 aromatic rings. The van der Waals surface area contributed by atoms with Crippen LogP contribution in [0.25, 0.3) is 0 Å². The predicted molar refractivity (Wildman–Crippen MR) is 47.3 cm³/mol. The zero-order valence-electron chi connectivity index (χ0n) is 6.13. The monoisotopic (exact) mass is 231 g/mol. The Labute approximate surface area is 77.7 Å². The number of hydrogen-bond acceptors (Lipinski definition) is 1. The summed E-state index contributed by atoms with van der Waals surface area (Å²) in [5.41, 5.74) is 5.68. The number of nitrogens with two attached hydrogens (primary N) is 1. The van der Waals surface area contributed by atoms with Crippen molar-refractivity contribution in [2.24, 2.45) is 5.73 Å². The van der Waals surface area contributed by atoms with Crippen molar-refractivity contribution in [2.75, 3.05) is 0 Å². The summed E-state index contributed by atoms with van der Waals surface area (Å²) in [6, 6.07) is 5.60. The lowest BCUT2D eigenvalue weighted by atomic mass is 10.1. The first-order valence-corrected chi connectivity index (χ1v) is 4.21. The van der Waals surface area contributed by atoms with Crippen LogP contribution in [-0.2, 0) is 4.79 Å². The average Bonchev–Trinajstić information content (AvgIpc) is 2.04. The van der Waals surface area contributed by atoms with Gasteiger partial charge in [0, 0.05) is 0 Å². The zero-order valence-corrected chi connectivity index (χ0v) is 7.71. The van der Waals surface area contributed by atoms with Crippen LogP contribution in [0.4, 0.5) is 4.39 Å². The van der Waals surface area contributed by atoms with E-state index >= 15 is 0 Å². The second-order valence-electron chi connectivity index (χ2n) is 2.32. The topological polar surface area (TPSA) is 43.1 Å². The van der Waals surface area contributed by atoms with Crippen LogP contribution in [-0.4, -0.2) is 5.91 Å². The van der Waals surface area contributed by atoms with Crippen molar-refractivity contribution in [2.45, 2.75) is 4.83 Å². The van der Waals surface area contributed by atoms with E-state index in [9.17, 15) is 9.18 Å². The predicted octanol–water partition coefficient (Wildman–Crippen LogP) is 1.75. The van der Waals surface area contributed by atoms with E-state index in [4.69, 9.17) is 5.73 Å². The lowest BCUT2D eigenvalue weighted by molar-refractivity contribution is -0.117. The first-order valence-electron chi connectivity index (χ1n) is 3.30. The third-order valence-corrected chi connectivity index (χ3v) is 2.39. The highest BCUT2D eigenvalue weighted by Gasteiger charge is 2.12. The Morgan fingerprint density at radius 3 is 2.33 bits per heavy atom. The zero-order chi connectivity index (χ0) is 9.14.